The van der Waals surface area contributed by atoms with Crippen LogP contribution in [-0.2, 0) is 13.3 Å². The zero-order valence-corrected chi connectivity index (χ0v) is 10.0. The highest BCUT2D eigenvalue weighted by Crippen LogP contribution is 2.07. The molecule has 1 aromatic rings. The molecule has 1 aromatic carbocycles. The molecule has 0 fully saturated rings. The summed E-state index contributed by atoms with van der Waals surface area (Å²) in [4.78, 5) is 0. The Kier molecular flexibility index (Phi) is 3.83. The van der Waals surface area contributed by atoms with Gasteiger partial charge in [-0.25, -0.2) is 0 Å². The van der Waals surface area contributed by atoms with Crippen molar-refractivity contribution in [1.82, 2.24) is 0 Å². The molecule has 1 rings (SSSR count). The van der Waals surface area contributed by atoms with Crippen LogP contribution >= 0.6 is 0 Å². The van der Waals surface area contributed by atoms with Gasteiger partial charge >= 0.3 is 8.80 Å². The molecule has 0 aliphatic carbocycles. The largest absolute Gasteiger partial charge is 0.536 e. The predicted octanol–water partition coefficient (Wildman–Crippen LogP) is 1.08. The lowest BCUT2D eigenvalue weighted by Crippen LogP contribution is -2.54. The normalized spacial score (nSPS) is 11.7. The molecule has 0 amide bonds. The second kappa shape index (κ2) is 4.70. The zero-order chi connectivity index (χ0) is 10.6. The van der Waals surface area contributed by atoms with Gasteiger partial charge in [0.25, 0.3) is 0 Å². The fourth-order valence-electron chi connectivity index (χ4n) is 1.44. The Morgan fingerprint density at radius 1 is 1.00 bits per heavy atom. The fourth-order valence-corrected chi connectivity index (χ4v) is 3.35. The molecule has 0 saturated heterocycles. The van der Waals surface area contributed by atoms with Crippen LogP contribution in [0.2, 0.25) is 0 Å². The van der Waals surface area contributed by atoms with Gasteiger partial charge in [-0.2, -0.15) is 0 Å². The first kappa shape index (κ1) is 11.4. The summed E-state index contributed by atoms with van der Waals surface area (Å²) in [5.41, 5.74) is 1.17. The van der Waals surface area contributed by atoms with Crippen molar-refractivity contribution in [1.29, 1.82) is 0 Å². The lowest BCUT2D eigenvalue weighted by molar-refractivity contribution is 0.140. The average Bonchev–Trinajstić information content (AvgIpc) is 2.22. The third-order valence-corrected chi connectivity index (χ3v) is 4.81. The molecule has 3 nitrogen and oxygen atoms in total. The molecule has 0 atom stereocenters. The lowest BCUT2D eigenvalue weighted by atomic mass is 10.2. The Hall–Kier alpha value is -0.683. The topological polar surface area (TPSA) is 27.7 Å². The zero-order valence-electron chi connectivity index (χ0n) is 9.03. The lowest BCUT2D eigenvalue weighted by Gasteiger charge is -2.24. The maximum absolute atomic E-state index is 5.37. The van der Waals surface area contributed by atoms with Crippen LogP contribution in [0.15, 0.2) is 24.3 Å². The summed E-state index contributed by atoms with van der Waals surface area (Å²) in [5, 5.41) is 0.991. The summed E-state index contributed by atoms with van der Waals surface area (Å²) in [7, 11) is 2.21. The molecule has 78 valence electrons. The second-order valence-corrected chi connectivity index (χ2v) is 5.95. The summed E-state index contributed by atoms with van der Waals surface area (Å²) in [5.74, 6) is 0. The van der Waals surface area contributed by atoms with Gasteiger partial charge in [0.2, 0.25) is 0 Å². The Labute approximate surface area is 86.0 Å². The van der Waals surface area contributed by atoms with Gasteiger partial charge in [-0.15, -0.1) is 0 Å². The standard InChI is InChI=1S/C10H16O3Si/c1-9-6-5-7-10(8-9)14(11-2,12-3)13-4/h5-8H,1-4H3. The van der Waals surface area contributed by atoms with Crippen molar-refractivity contribution < 1.29 is 13.3 Å². The van der Waals surface area contributed by atoms with Crippen molar-refractivity contribution >= 4 is 14.0 Å². The van der Waals surface area contributed by atoms with E-state index in [1.54, 1.807) is 21.3 Å². The van der Waals surface area contributed by atoms with Crippen LogP contribution in [-0.4, -0.2) is 30.1 Å². The summed E-state index contributed by atoms with van der Waals surface area (Å²) in [6, 6.07) is 8.01. The van der Waals surface area contributed by atoms with Gasteiger partial charge in [-0.05, 0) is 6.92 Å². The Balaban J connectivity index is 3.10. The first-order valence-corrected chi connectivity index (χ1v) is 6.13. The fraction of sp³-hybridized carbons (Fsp3) is 0.400. The molecular formula is C10H16O3Si. The second-order valence-electron chi connectivity index (χ2n) is 3.04. The summed E-state index contributed by atoms with van der Waals surface area (Å²) < 4.78 is 16.1. The van der Waals surface area contributed by atoms with E-state index in [2.05, 4.69) is 0 Å². The van der Waals surface area contributed by atoms with Crippen molar-refractivity contribution in [3.63, 3.8) is 0 Å². The third-order valence-electron chi connectivity index (χ3n) is 2.18. The van der Waals surface area contributed by atoms with Crippen LogP contribution in [0, 0.1) is 6.92 Å². The van der Waals surface area contributed by atoms with E-state index >= 15 is 0 Å². The Morgan fingerprint density at radius 3 is 2.00 bits per heavy atom. The minimum Gasteiger partial charge on any atom is -0.373 e. The van der Waals surface area contributed by atoms with Gasteiger partial charge in [0, 0.05) is 26.5 Å². The molecule has 14 heavy (non-hydrogen) atoms. The molecule has 0 aliphatic rings. The minimum absolute atomic E-state index is 0.991. The molecule has 0 spiro atoms. The van der Waals surface area contributed by atoms with Crippen LogP contribution in [0.3, 0.4) is 0 Å². The highest BCUT2D eigenvalue weighted by molar-refractivity contribution is 6.75. The van der Waals surface area contributed by atoms with Crippen LogP contribution in [0.1, 0.15) is 5.56 Å². The molecule has 0 N–H and O–H groups in total. The highest BCUT2D eigenvalue weighted by Gasteiger charge is 2.40. The van der Waals surface area contributed by atoms with Gasteiger partial charge in [0.1, 0.15) is 0 Å². The maximum Gasteiger partial charge on any atom is 0.536 e. The molecule has 0 radical (unpaired) electrons. The summed E-state index contributed by atoms with van der Waals surface area (Å²) in [6.45, 7) is 2.03. The Bertz CT molecular complexity index is 289. The van der Waals surface area contributed by atoms with Gasteiger partial charge in [-0.3, -0.25) is 0 Å². The number of hydrogen-bond acceptors (Lipinski definition) is 3. The van der Waals surface area contributed by atoms with E-state index < -0.39 is 8.80 Å². The van der Waals surface area contributed by atoms with Crippen LogP contribution in [0.4, 0.5) is 0 Å². The van der Waals surface area contributed by atoms with E-state index in [1.165, 1.54) is 5.56 Å². The van der Waals surface area contributed by atoms with Crippen molar-refractivity contribution in [2.75, 3.05) is 21.3 Å². The molecule has 0 unspecified atom stereocenters. The predicted molar refractivity (Wildman–Crippen MR) is 57.6 cm³/mol. The molecule has 0 heterocycles. The molecule has 0 saturated carbocycles. The van der Waals surface area contributed by atoms with Gasteiger partial charge in [0.05, 0.1) is 0 Å². The molecule has 0 bridgehead atoms. The average molecular weight is 212 g/mol. The molecule has 4 heteroatoms. The van der Waals surface area contributed by atoms with Crippen LogP contribution in [0.5, 0.6) is 0 Å². The van der Waals surface area contributed by atoms with Crippen molar-refractivity contribution in [2.45, 2.75) is 6.92 Å². The SMILES string of the molecule is CO[Si](OC)(OC)c1cccc(C)c1. The van der Waals surface area contributed by atoms with E-state index in [9.17, 15) is 0 Å². The number of rotatable bonds is 4. The monoisotopic (exact) mass is 212 g/mol. The summed E-state index contributed by atoms with van der Waals surface area (Å²) in [6.07, 6.45) is 0. The van der Waals surface area contributed by atoms with E-state index in [-0.39, 0.29) is 0 Å². The highest BCUT2D eigenvalue weighted by atomic mass is 28.4. The van der Waals surface area contributed by atoms with Gasteiger partial charge in [-0.1, -0.05) is 29.8 Å². The minimum atomic E-state index is -2.62. The summed E-state index contributed by atoms with van der Waals surface area (Å²) >= 11 is 0. The van der Waals surface area contributed by atoms with E-state index in [4.69, 9.17) is 13.3 Å². The van der Waals surface area contributed by atoms with Gasteiger partial charge < -0.3 is 13.3 Å². The smallest absolute Gasteiger partial charge is 0.373 e. The molecule has 0 aliphatic heterocycles. The third kappa shape index (κ3) is 2.04. The quantitative estimate of drug-likeness (QED) is 0.699. The van der Waals surface area contributed by atoms with Crippen LogP contribution in [0.25, 0.3) is 0 Å². The maximum atomic E-state index is 5.37. The van der Waals surface area contributed by atoms with Crippen molar-refractivity contribution in [3.8, 4) is 0 Å². The first-order valence-electron chi connectivity index (χ1n) is 4.41. The first-order chi connectivity index (χ1) is 6.68. The number of aryl methyl sites for hydroxylation is 1. The Morgan fingerprint density at radius 2 is 1.57 bits per heavy atom. The molecular weight excluding hydrogens is 196 g/mol. The number of hydrogen-bond donors (Lipinski definition) is 0. The van der Waals surface area contributed by atoms with E-state index in [1.807, 2.05) is 31.2 Å². The van der Waals surface area contributed by atoms with E-state index in [0.29, 0.717) is 0 Å². The van der Waals surface area contributed by atoms with Crippen LogP contribution < -0.4 is 5.19 Å². The number of benzene rings is 1. The van der Waals surface area contributed by atoms with Crippen molar-refractivity contribution in [3.05, 3.63) is 29.8 Å². The van der Waals surface area contributed by atoms with Crippen molar-refractivity contribution in [2.24, 2.45) is 0 Å². The molecule has 0 aromatic heterocycles. The van der Waals surface area contributed by atoms with E-state index in [0.717, 1.165) is 5.19 Å². The van der Waals surface area contributed by atoms with Gasteiger partial charge in [0.15, 0.2) is 0 Å².